The Morgan fingerprint density at radius 2 is 1.57 bits per heavy atom. The lowest BCUT2D eigenvalue weighted by molar-refractivity contribution is 0.0416. The summed E-state index contributed by atoms with van der Waals surface area (Å²) in [5, 5.41) is 0. The van der Waals surface area contributed by atoms with E-state index in [9.17, 15) is 9.59 Å². The molecule has 2 rings (SSSR count). The van der Waals surface area contributed by atoms with Gasteiger partial charge < -0.3 is 14.4 Å². The topological polar surface area (TPSA) is 71.4 Å². The van der Waals surface area contributed by atoms with Gasteiger partial charge in [0.25, 0.3) is 0 Å². The van der Waals surface area contributed by atoms with Gasteiger partial charge >= 0.3 is 12.2 Å². The molecule has 0 saturated carbocycles. The molecular weight excluding hydrogens is 358 g/mol. The summed E-state index contributed by atoms with van der Waals surface area (Å²) in [4.78, 5) is 32.2. The van der Waals surface area contributed by atoms with Crippen LogP contribution in [0.5, 0.6) is 0 Å². The van der Waals surface area contributed by atoms with Gasteiger partial charge in [-0.25, -0.2) is 14.5 Å². The van der Waals surface area contributed by atoms with Crippen LogP contribution >= 0.6 is 0 Å². The monoisotopic (exact) mass is 387 g/mol. The summed E-state index contributed by atoms with van der Waals surface area (Å²) in [5.41, 5.74) is 0.216. The lowest BCUT2D eigenvalue weighted by Gasteiger charge is -2.25. The highest BCUT2D eigenvalue weighted by Gasteiger charge is 2.37. The highest BCUT2D eigenvalue weighted by Crippen LogP contribution is 2.24. The quantitative estimate of drug-likeness (QED) is 0.709. The summed E-state index contributed by atoms with van der Waals surface area (Å²) >= 11 is 0. The van der Waals surface area contributed by atoms with Gasteiger partial charge in [0.15, 0.2) is 0 Å². The first-order chi connectivity index (χ1) is 12.9. The summed E-state index contributed by atoms with van der Waals surface area (Å²) in [6, 6.07) is 9.62. The molecule has 1 fully saturated rings. The molecule has 0 aromatic heterocycles. The molecule has 1 aromatic carbocycles. The second-order valence-corrected chi connectivity index (χ2v) is 8.61. The van der Waals surface area contributed by atoms with E-state index in [2.05, 4.69) is 4.99 Å². The van der Waals surface area contributed by atoms with Gasteiger partial charge in [0.2, 0.25) is 5.96 Å². The third-order valence-corrected chi connectivity index (χ3v) is 3.52. The Balaban J connectivity index is 2.43. The average molecular weight is 387 g/mol. The van der Waals surface area contributed by atoms with Crippen LogP contribution in [0, 0.1) is 0 Å². The standard InChI is InChI=1S/C21H29N3O4/c1-20(2,3)27-18(25)22-17-23(7)14-16(13-15-11-9-8-10-12-15)24(17)19(26)28-21(4,5)6/h8-13H,14H2,1-7H3/b16-13-,22-17+. The smallest absolute Gasteiger partial charge is 0.437 e. The van der Waals surface area contributed by atoms with Crippen molar-refractivity contribution in [3.8, 4) is 0 Å². The lowest BCUT2D eigenvalue weighted by atomic mass is 10.2. The number of carbonyl (C=O) groups is 2. The van der Waals surface area contributed by atoms with E-state index >= 15 is 0 Å². The van der Waals surface area contributed by atoms with E-state index in [4.69, 9.17) is 9.47 Å². The van der Waals surface area contributed by atoms with Crippen molar-refractivity contribution in [2.45, 2.75) is 52.7 Å². The van der Waals surface area contributed by atoms with Gasteiger partial charge in [-0.15, -0.1) is 4.99 Å². The number of rotatable bonds is 1. The van der Waals surface area contributed by atoms with Crippen molar-refractivity contribution in [3.05, 3.63) is 41.6 Å². The zero-order valence-electron chi connectivity index (χ0n) is 17.6. The maximum Gasteiger partial charge on any atom is 0.437 e. The minimum Gasteiger partial charge on any atom is -0.443 e. The zero-order valence-corrected chi connectivity index (χ0v) is 17.6. The summed E-state index contributed by atoms with van der Waals surface area (Å²) in [6.45, 7) is 11.0. The minimum atomic E-state index is -0.760. The predicted octanol–water partition coefficient (Wildman–Crippen LogP) is 4.50. The fourth-order valence-electron chi connectivity index (χ4n) is 2.54. The number of guanidine groups is 1. The second kappa shape index (κ2) is 8.04. The molecule has 1 aliphatic rings. The average Bonchev–Trinajstić information content (AvgIpc) is 2.80. The van der Waals surface area contributed by atoms with E-state index < -0.39 is 23.4 Å². The van der Waals surface area contributed by atoms with Gasteiger partial charge in [-0.1, -0.05) is 30.3 Å². The first kappa shape index (κ1) is 21.5. The largest absolute Gasteiger partial charge is 0.443 e. The number of benzene rings is 1. The van der Waals surface area contributed by atoms with Crippen LogP contribution in [0.25, 0.3) is 6.08 Å². The molecule has 1 heterocycles. The number of ether oxygens (including phenoxy) is 2. The number of hydrogen-bond donors (Lipinski definition) is 0. The zero-order chi connectivity index (χ0) is 21.1. The van der Waals surface area contributed by atoms with Crippen LogP contribution in [0.4, 0.5) is 9.59 Å². The van der Waals surface area contributed by atoms with Crippen LogP contribution in [0.1, 0.15) is 47.1 Å². The van der Waals surface area contributed by atoms with Crippen LogP contribution < -0.4 is 0 Å². The highest BCUT2D eigenvalue weighted by molar-refractivity contribution is 6.03. The molecule has 0 bridgehead atoms. The van der Waals surface area contributed by atoms with Gasteiger partial charge in [0.05, 0.1) is 12.2 Å². The Labute approximate surface area is 166 Å². The summed E-state index contributed by atoms with van der Waals surface area (Å²) in [5.74, 6) is 0.172. The van der Waals surface area contributed by atoms with Crippen LogP contribution in [-0.4, -0.2) is 52.7 Å². The van der Waals surface area contributed by atoms with E-state index in [0.29, 0.717) is 12.2 Å². The van der Waals surface area contributed by atoms with E-state index in [1.807, 2.05) is 36.4 Å². The number of hydrogen-bond acceptors (Lipinski definition) is 4. The molecule has 1 aromatic rings. The minimum absolute atomic E-state index is 0.172. The summed E-state index contributed by atoms with van der Waals surface area (Å²) < 4.78 is 10.8. The molecule has 0 spiro atoms. The van der Waals surface area contributed by atoms with Crippen molar-refractivity contribution < 1.29 is 19.1 Å². The van der Waals surface area contributed by atoms with Gasteiger partial charge in [0, 0.05) is 7.05 Å². The lowest BCUT2D eigenvalue weighted by Crippen LogP contribution is -2.40. The van der Waals surface area contributed by atoms with Crippen molar-refractivity contribution in [1.29, 1.82) is 0 Å². The van der Waals surface area contributed by atoms with Crippen LogP contribution in [0.15, 0.2) is 41.0 Å². The SMILES string of the molecule is CN1C/C(=C/c2ccccc2)N(C(=O)OC(C)(C)C)/C1=N/C(=O)OC(C)(C)C. The number of likely N-dealkylation sites (N-methyl/N-ethyl adjacent to an activating group) is 1. The molecule has 0 N–H and O–H groups in total. The molecule has 0 unspecified atom stereocenters. The molecule has 1 aliphatic heterocycles. The predicted molar refractivity (Wildman–Crippen MR) is 109 cm³/mol. The molecule has 7 nitrogen and oxygen atoms in total. The molecule has 28 heavy (non-hydrogen) atoms. The molecule has 1 saturated heterocycles. The Bertz CT molecular complexity index is 786. The molecule has 0 atom stereocenters. The van der Waals surface area contributed by atoms with Gasteiger partial charge in [-0.3, -0.25) is 0 Å². The van der Waals surface area contributed by atoms with Crippen molar-refractivity contribution in [3.63, 3.8) is 0 Å². The number of carbonyl (C=O) groups excluding carboxylic acids is 2. The van der Waals surface area contributed by atoms with Crippen LogP contribution in [0.3, 0.4) is 0 Å². The van der Waals surface area contributed by atoms with Crippen molar-refractivity contribution in [1.82, 2.24) is 9.80 Å². The summed E-state index contributed by atoms with van der Waals surface area (Å²) in [7, 11) is 1.76. The Hall–Kier alpha value is -2.83. The maximum atomic E-state index is 12.9. The van der Waals surface area contributed by atoms with Crippen LogP contribution in [-0.2, 0) is 9.47 Å². The molecule has 0 aliphatic carbocycles. The van der Waals surface area contributed by atoms with E-state index in [1.165, 1.54) is 4.90 Å². The fourth-order valence-corrected chi connectivity index (χ4v) is 2.54. The fraction of sp³-hybridized carbons (Fsp3) is 0.476. The molecular formula is C21H29N3O4. The third-order valence-electron chi connectivity index (χ3n) is 3.52. The normalized spacial score (nSPS) is 18.0. The van der Waals surface area contributed by atoms with Gasteiger partial charge in [-0.05, 0) is 53.2 Å². The summed E-state index contributed by atoms with van der Waals surface area (Å²) in [6.07, 6.45) is 0.517. The van der Waals surface area contributed by atoms with E-state index in [1.54, 1.807) is 53.5 Å². The third kappa shape index (κ3) is 6.11. The first-order valence-electron chi connectivity index (χ1n) is 9.17. The first-order valence-corrected chi connectivity index (χ1v) is 9.17. The Morgan fingerprint density at radius 1 is 1.00 bits per heavy atom. The molecule has 152 valence electrons. The van der Waals surface area contributed by atoms with Crippen molar-refractivity contribution >= 4 is 24.2 Å². The number of nitrogens with zero attached hydrogens (tertiary/aromatic N) is 3. The van der Waals surface area contributed by atoms with Gasteiger partial charge in [-0.2, -0.15) is 0 Å². The molecule has 2 amide bonds. The highest BCUT2D eigenvalue weighted by atomic mass is 16.6. The molecule has 7 heteroatoms. The Kier molecular flexibility index (Phi) is 6.17. The Morgan fingerprint density at radius 3 is 2.11 bits per heavy atom. The van der Waals surface area contributed by atoms with Crippen molar-refractivity contribution in [2.75, 3.05) is 13.6 Å². The maximum absolute atomic E-state index is 12.9. The van der Waals surface area contributed by atoms with Crippen molar-refractivity contribution in [2.24, 2.45) is 4.99 Å². The number of amides is 2. The second-order valence-electron chi connectivity index (χ2n) is 8.61. The molecule has 0 radical (unpaired) electrons. The number of aliphatic imine (C=N–C) groups is 1. The van der Waals surface area contributed by atoms with Crippen LogP contribution in [0.2, 0.25) is 0 Å². The van der Waals surface area contributed by atoms with Gasteiger partial charge in [0.1, 0.15) is 11.2 Å². The van der Waals surface area contributed by atoms with E-state index in [-0.39, 0.29) is 5.96 Å². The van der Waals surface area contributed by atoms with E-state index in [0.717, 1.165) is 5.56 Å².